The molecule has 8 heteroatoms. The number of thioether (sulfide) groups is 1. The van der Waals surface area contributed by atoms with Gasteiger partial charge in [0.15, 0.2) is 5.16 Å². The lowest BCUT2D eigenvalue weighted by Crippen LogP contribution is -2.36. The molecule has 26 heavy (non-hydrogen) atoms. The van der Waals surface area contributed by atoms with Crippen molar-refractivity contribution in [2.75, 3.05) is 16.4 Å². The highest BCUT2D eigenvalue weighted by atomic mass is 32.2. The van der Waals surface area contributed by atoms with Crippen LogP contribution in [-0.4, -0.2) is 27.5 Å². The molecule has 0 bridgehead atoms. The van der Waals surface area contributed by atoms with Gasteiger partial charge in [0, 0.05) is 17.9 Å². The second kappa shape index (κ2) is 7.74. The molecule has 2 aromatic rings. The molecule has 1 atom stereocenters. The zero-order chi connectivity index (χ0) is 18.7. The molecule has 0 fully saturated rings. The maximum absolute atomic E-state index is 12.8. The van der Waals surface area contributed by atoms with E-state index < -0.39 is 17.4 Å². The van der Waals surface area contributed by atoms with Crippen molar-refractivity contribution < 1.29 is 9.59 Å². The Kier molecular flexibility index (Phi) is 5.41. The first-order chi connectivity index (χ1) is 12.5. The molecule has 0 saturated heterocycles. The topological polar surface area (TPSA) is 104 Å². The van der Waals surface area contributed by atoms with Crippen LogP contribution in [0.2, 0.25) is 0 Å². The summed E-state index contributed by atoms with van der Waals surface area (Å²) in [6.07, 6.45) is 0.843. The fourth-order valence-electron chi connectivity index (χ4n) is 2.77. The van der Waals surface area contributed by atoms with Crippen molar-refractivity contribution in [3.63, 3.8) is 0 Å². The highest BCUT2D eigenvalue weighted by Crippen LogP contribution is 2.30. The molecule has 2 heterocycles. The number of rotatable bonds is 5. The van der Waals surface area contributed by atoms with Crippen LogP contribution in [0.4, 0.5) is 11.5 Å². The summed E-state index contributed by atoms with van der Waals surface area (Å²) in [6, 6.07) is 7.35. The smallest absolute Gasteiger partial charge is 0.257 e. The molecule has 3 N–H and O–H groups in total. The Morgan fingerprint density at radius 3 is 2.85 bits per heavy atom. The minimum absolute atomic E-state index is 0.0864. The van der Waals surface area contributed by atoms with Crippen LogP contribution in [-0.2, 0) is 9.59 Å². The normalized spacial score (nSPS) is 15.9. The summed E-state index contributed by atoms with van der Waals surface area (Å²) in [4.78, 5) is 44.4. The third-order valence-electron chi connectivity index (χ3n) is 4.09. The van der Waals surface area contributed by atoms with Crippen molar-refractivity contribution >= 4 is 35.1 Å². The molecule has 0 spiro atoms. The standard InChI is InChI=1S/C18H20N4O3S/c1-3-8-26-18-21-15-14(17(25)22-18)11(9-13(23)20-15)16(24)19-12-7-5-4-6-10(12)2/h4-7,11H,3,8-9H2,1-2H3,(H,19,24)(H2,20,21,22,23,25)/t11-/m1/s1. The van der Waals surface area contributed by atoms with E-state index in [2.05, 4.69) is 20.6 Å². The van der Waals surface area contributed by atoms with Gasteiger partial charge in [0.1, 0.15) is 5.82 Å². The number of hydrogen-bond donors (Lipinski definition) is 3. The quantitative estimate of drug-likeness (QED) is 0.553. The number of carbonyl (C=O) groups is 2. The number of hydrogen-bond acceptors (Lipinski definition) is 5. The van der Waals surface area contributed by atoms with E-state index in [-0.39, 0.29) is 23.7 Å². The van der Waals surface area contributed by atoms with E-state index in [9.17, 15) is 14.4 Å². The first-order valence-corrected chi connectivity index (χ1v) is 9.41. The van der Waals surface area contributed by atoms with Gasteiger partial charge < -0.3 is 15.6 Å². The van der Waals surface area contributed by atoms with Crippen LogP contribution in [0, 0.1) is 6.92 Å². The van der Waals surface area contributed by atoms with Gasteiger partial charge >= 0.3 is 0 Å². The number of amides is 2. The minimum Gasteiger partial charge on any atom is -0.325 e. The Morgan fingerprint density at radius 2 is 2.12 bits per heavy atom. The van der Waals surface area contributed by atoms with Crippen molar-refractivity contribution in [3.8, 4) is 0 Å². The highest BCUT2D eigenvalue weighted by Gasteiger charge is 2.34. The van der Waals surface area contributed by atoms with Gasteiger partial charge in [-0.15, -0.1) is 0 Å². The van der Waals surface area contributed by atoms with Gasteiger partial charge in [-0.05, 0) is 25.0 Å². The summed E-state index contributed by atoms with van der Waals surface area (Å²) < 4.78 is 0. The third kappa shape index (κ3) is 3.80. The largest absolute Gasteiger partial charge is 0.325 e. The van der Waals surface area contributed by atoms with Gasteiger partial charge in [0.25, 0.3) is 5.56 Å². The average molecular weight is 372 g/mol. The highest BCUT2D eigenvalue weighted by molar-refractivity contribution is 7.99. The van der Waals surface area contributed by atoms with Crippen LogP contribution in [0.1, 0.15) is 36.8 Å². The molecule has 1 aromatic carbocycles. The molecule has 3 rings (SSSR count). The van der Waals surface area contributed by atoms with Gasteiger partial charge in [-0.2, -0.15) is 0 Å². The molecule has 1 aliphatic heterocycles. The van der Waals surface area contributed by atoms with Crippen LogP contribution < -0.4 is 16.2 Å². The maximum Gasteiger partial charge on any atom is 0.257 e. The molecule has 1 aromatic heterocycles. The summed E-state index contributed by atoms with van der Waals surface area (Å²) in [5, 5.41) is 5.87. The molecule has 0 aliphatic carbocycles. The maximum atomic E-state index is 12.8. The first kappa shape index (κ1) is 18.2. The lowest BCUT2D eigenvalue weighted by Gasteiger charge is -2.23. The van der Waals surface area contributed by atoms with Gasteiger partial charge in [-0.1, -0.05) is 36.9 Å². The van der Waals surface area contributed by atoms with Gasteiger partial charge in [0.05, 0.1) is 11.5 Å². The number of nitrogens with zero attached hydrogens (tertiary/aromatic N) is 1. The van der Waals surface area contributed by atoms with Gasteiger partial charge in [0.2, 0.25) is 11.8 Å². The summed E-state index contributed by atoms with van der Waals surface area (Å²) in [5.41, 5.74) is 1.37. The third-order valence-corrected chi connectivity index (χ3v) is 5.17. The zero-order valence-electron chi connectivity index (χ0n) is 14.6. The van der Waals surface area contributed by atoms with Crippen molar-refractivity contribution in [3.05, 3.63) is 45.7 Å². The zero-order valence-corrected chi connectivity index (χ0v) is 15.4. The SMILES string of the molecule is CCCSc1nc2c(c(=O)[nH]1)[C@H](C(=O)Nc1ccccc1C)CC(=O)N2. The number of carbonyl (C=O) groups excluding carboxylic acids is 2. The van der Waals surface area contributed by atoms with Crippen LogP contribution in [0.25, 0.3) is 0 Å². The number of fused-ring (bicyclic) bond motifs is 1. The summed E-state index contributed by atoms with van der Waals surface area (Å²) in [7, 11) is 0. The Balaban J connectivity index is 1.93. The van der Waals surface area contributed by atoms with Crippen molar-refractivity contribution in [2.45, 2.75) is 37.8 Å². The number of anilines is 2. The second-order valence-corrected chi connectivity index (χ2v) is 7.17. The predicted octanol–water partition coefficient (Wildman–Crippen LogP) is 2.64. The van der Waals surface area contributed by atoms with E-state index in [0.717, 1.165) is 17.7 Å². The van der Waals surface area contributed by atoms with Crippen molar-refractivity contribution in [2.24, 2.45) is 0 Å². The fourth-order valence-corrected chi connectivity index (χ4v) is 3.49. The molecule has 1 aliphatic rings. The number of para-hydroxylation sites is 1. The predicted molar refractivity (Wildman–Crippen MR) is 102 cm³/mol. The van der Waals surface area contributed by atoms with Gasteiger partial charge in [-0.3, -0.25) is 14.4 Å². The average Bonchev–Trinajstić information content (AvgIpc) is 2.60. The summed E-state index contributed by atoms with van der Waals surface area (Å²) in [5.74, 6) is -0.621. The summed E-state index contributed by atoms with van der Waals surface area (Å²) >= 11 is 1.40. The van der Waals surface area contributed by atoms with Crippen molar-refractivity contribution in [1.29, 1.82) is 0 Å². The van der Waals surface area contributed by atoms with Crippen LogP contribution >= 0.6 is 11.8 Å². The molecular weight excluding hydrogens is 352 g/mol. The van der Waals surface area contributed by atoms with E-state index in [1.807, 2.05) is 32.0 Å². The lowest BCUT2D eigenvalue weighted by atomic mass is 9.92. The molecular formula is C18H20N4O3S. The Labute approximate surface area is 155 Å². The Morgan fingerprint density at radius 1 is 1.35 bits per heavy atom. The van der Waals surface area contributed by atoms with Crippen molar-refractivity contribution in [1.82, 2.24) is 9.97 Å². The molecule has 0 radical (unpaired) electrons. The van der Waals surface area contributed by atoms with E-state index in [1.165, 1.54) is 11.8 Å². The number of aromatic amines is 1. The molecule has 0 unspecified atom stereocenters. The minimum atomic E-state index is -0.875. The number of aromatic nitrogens is 2. The van der Waals surface area contributed by atoms with E-state index in [1.54, 1.807) is 6.07 Å². The first-order valence-electron chi connectivity index (χ1n) is 8.43. The fraction of sp³-hybridized carbons (Fsp3) is 0.333. The lowest BCUT2D eigenvalue weighted by molar-refractivity contribution is -0.123. The monoisotopic (exact) mass is 372 g/mol. The van der Waals surface area contributed by atoms with Crippen LogP contribution in [0.3, 0.4) is 0 Å². The Hall–Kier alpha value is -2.61. The molecule has 2 amide bonds. The van der Waals surface area contributed by atoms with Crippen LogP contribution in [0.15, 0.2) is 34.2 Å². The molecule has 0 saturated carbocycles. The number of aryl methyl sites for hydroxylation is 1. The number of nitrogens with one attached hydrogen (secondary N) is 3. The number of H-pyrrole nitrogens is 1. The molecule has 136 valence electrons. The Bertz CT molecular complexity index is 910. The van der Waals surface area contributed by atoms with E-state index in [4.69, 9.17) is 0 Å². The van der Waals surface area contributed by atoms with E-state index >= 15 is 0 Å². The van der Waals surface area contributed by atoms with Crippen LogP contribution in [0.5, 0.6) is 0 Å². The molecule has 7 nitrogen and oxygen atoms in total. The number of benzene rings is 1. The van der Waals surface area contributed by atoms with E-state index in [0.29, 0.717) is 10.8 Å². The van der Waals surface area contributed by atoms with Gasteiger partial charge in [-0.25, -0.2) is 4.98 Å². The summed E-state index contributed by atoms with van der Waals surface area (Å²) in [6.45, 7) is 3.90. The second-order valence-electron chi connectivity index (χ2n) is 6.09.